The molecule has 63 valence electrons. The Morgan fingerprint density at radius 2 is 2.08 bits per heavy atom. The van der Waals surface area contributed by atoms with E-state index >= 15 is 0 Å². The summed E-state index contributed by atoms with van der Waals surface area (Å²) in [5.41, 5.74) is 0.796. The van der Waals surface area contributed by atoms with Gasteiger partial charge in [-0.15, -0.1) is 0 Å². The first-order valence-corrected chi connectivity index (χ1v) is 4.84. The SMILES string of the molecule is O=C([Se])Cc1ccc(Cl)cc1Cl. The zero-order valence-corrected chi connectivity index (χ0v) is 9.24. The first-order valence-electron chi connectivity index (χ1n) is 3.23. The molecule has 12 heavy (non-hydrogen) atoms. The molecule has 0 unspecified atom stereocenters. The molecule has 1 aromatic carbocycles. The van der Waals surface area contributed by atoms with Crippen molar-refractivity contribution in [1.29, 1.82) is 0 Å². The van der Waals surface area contributed by atoms with E-state index in [2.05, 4.69) is 16.0 Å². The fraction of sp³-hybridized carbons (Fsp3) is 0.125. The number of rotatable bonds is 2. The van der Waals surface area contributed by atoms with Crippen LogP contribution < -0.4 is 0 Å². The van der Waals surface area contributed by atoms with Gasteiger partial charge in [-0.3, -0.25) is 0 Å². The van der Waals surface area contributed by atoms with Gasteiger partial charge in [0.2, 0.25) is 0 Å². The molecule has 0 aromatic heterocycles. The fourth-order valence-corrected chi connectivity index (χ4v) is 1.62. The summed E-state index contributed by atoms with van der Waals surface area (Å²) in [5.74, 6) is 0. The van der Waals surface area contributed by atoms with Gasteiger partial charge in [-0.1, -0.05) is 0 Å². The summed E-state index contributed by atoms with van der Waals surface area (Å²) in [5, 5.41) is 1.11. The van der Waals surface area contributed by atoms with Crippen molar-refractivity contribution in [1.82, 2.24) is 0 Å². The number of hydrogen-bond acceptors (Lipinski definition) is 1. The van der Waals surface area contributed by atoms with E-state index < -0.39 is 0 Å². The van der Waals surface area contributed by atoms with Crippen LogP contribution in [0.2, 0.25) is 10.0 Å². The molecule has 1 radical (unpaired) electrons. The predicted molar refractivity (Wildman–Crippen MR) is 50.9 cm³/mol. The average molecular weight is 267 g/mol. The fourth-order valence-electron chi connectivity index (χ4n) is 0.821. The average Bonchev–Trinajstić information content (AvgIpc) is 1.94. The zero-order valence-electron chi connectivity index (χ0n) is 6.01. The summed E-state index contributed by atoms with van der Waals surface area (Å²) in [4.78, 5) is 10.7. The second kappa shape index (κ2) is 4.29. The van der Waals surface area contributed by atoms with Crippen LogP contribution in [0.3, 0.4) is 0 Å². The van der Waals surface area contributed by atoms with E-state index in [1.165, 1.54) is 0 Å². The molecule has 1 nitrogen and oxygen atoms in total. The van der Waals surface area contributed by atoms with Gasteiger partial charge in [-0.2, -0.15) is 0 Å². The molecule has 1 rings (SSSR count). The summed E-state index contributed by atoms with van der Waals surface area (Å²) in [6.07, 6.45) is 0.315. The van der Waals surface area contributed by atoms with Crippen molar-refractivity contribution in [3.63, 3.8) is 0 Å². The number of hydrogen-bond donors (Lipinski definition) is 0. The third-order valence-corrected chi connectivity index (χ3v) is 2.24. The molecule has 0 N–H and O–H groups in total. The molecule has 0 saturated carbocycles. The van der Waals surface area contributed by atoms with Crippen LogP contribution in [0.4, 0.5) is 0 Å². The molecule has 0 aliphatic rings. The Labute approximate surface area is 88.9 Å². The quantitative estimate of drug-likeness (QED) is 0.751. The third kappa shape index (κ3) is 2.80. The maximum atomic E-state index is 10.7. The van der Waals surface area contributed by atoms with Crippen LogP contribution in [0.15, 0.2) is 18.2 Å². The molecule has 0 fully saturated rings. The summed E-state index contributed by atoms with van der Waals surface area (Å²) >= 11 is 13.9. The van der Waals surface area contributed by atoms with E-state index in [9.17, 15) is 4.79 Å². The van der Waals surface area contributed by atoms with Crippen molar-refractivity contribution in [3.8, 4) is 0 Å². The summed E-state index contributed by atoms with van der Waals surface area (Å²) in [6.45, 7) is 0. The Bertz CT molecular complexity index is 312. The van der Waals surface area contributed by atoms with Crippen LogP contribution in [-0.4, -0.2) is 20.7 Å². The maximum absolute atomic E-state index is 10.7. The van der Waals surface area contributed by atoms with Gasteiger partial charge in [0, 0.05) is 0 Å². The molecule has 0 aliphatic heterocycles. The normalized spacial score (nSPS) is 9.83. The van der Waals surface area contributed by atoms with Gasteiger partial charge in [0.25, 0.3) is 0 Å². The summed E-state index contributed by atoms with van der Waals surface area (Å²) in [6, 6.07) is 5.09. The molecule has 0 atom stereocenters. The molecular formula is C8H5Cl2OSe. The molecule has 0 saturated heterocycles. The topological polar surface area (TPSA) is 17.1 Å². The van der Waals surface area contributed by atoms with Crippen molar-refractivity contribution in [3.05, 3.63) is 33.8 Å². The van der Waals surface area contributed by atoms with Crippen molar-refractivity contribution in [2.75, 3.05) is 0 Å². The molecule has 0 spiro atoms. The summed E-state index contributed by atoms with van der Waals surface area (Å²) < 4.78 is -0.0285. The molecular weight excluding hydrogens is 262 g/mol. The summed E-state index contributed by atoms with van der Waals surface area (Å²) in [7, 11) is 0. The zero-order chi connectivity index (χ0) is 9.14. The Balaban J connectivity index is 2.93. The van der Waals surface area contributed by atoms with Gasteiger partial charge < -0.3 is 0 Å². The second-order valence-electron chi connectivity index (χ2n) is 2.28. The molecule has 0 amide bonds. The molecule has 0 heterocycles. The van der Waals surface area contributed by atoms with E-state index in [0.29, 0.717) is 16.5 Å². The van der Waals surface area contributed by atoms with Crippen LogP contribution >= 0.6 is 23.2 Å². The van der Waals surface area contributed by atoms with Gasteiger partial charge in [0.1, 0.15) is 0 Å². The Hall–Kier alpha value is -0.0105. The number of carbonyl (C=O) groups is 1. The van der Waals surface area contributed by atoms with Gasteiger partial charge in [-0.05, 0) is 0 Å². The Kier molecular flexibility index (Phi) is 3.60. The second-order valence-corrected chi connectivity index (χ2v) is 4.08. The molecule has 4 heteroatoms. The monoisotopic (exact) mass is 267 g/mol. The van der Waals surface area contributed by atoms with Crippen molar-refractivity contribution < 1.29 is 4.79 Å². The first-order chi connectivity index (χ1) is 5.59. The van der Waals surface area contributed by atoms with Gasteiger partial charge >= 0.3 is 88.9 Å². The van der Waals surface area contributed by atoms with Crippen LogP contribution in [0.5, 0.6) is 0 Å². The van der Waals surface area contributed by atoms with E-state index in [1.807, 2.05) is 0 Å². The van der Waals surface area contributed by atoms with Crippen LogP contribution in [0.1, 0.15) is 5.56 Å². The first kappa shape index (κ1) is 10.1. The van der Waals surface area contributed by atoms with E-state index in [-0.39, 0.29) is 4.68 Å². The van der Waals surface area contributed by atoms with Crippen LogP contribution in [0, 0.1) is 0 Å². The van der Waals surface area contributed by atoms with E-state index in [1.54, 1.807) is 18.2 Å². The molecule has 0 bridgehead atoms. The minimum atomic E-state index is -0.0285. The standard InChI is InChI=1S/C8H5Cl2OSe/c9-6-2-1-5(3-8(11)12)7(10)4-6/h1-2,4H,3H2. The number of halogens is 2. The van der Waals surface area contributed by atoms with Gasteiger partial charge in [-0.25, -0.2) is 0 Å². The number of carbonyl (C=O) groups excluding carboxylic acids is 1. The van der Waals surface area contributed by atoms with Crippen molar-refractivity contribution >= 4 is 43.9 Å². The van der Waals surface area contributed by atoms with E-state index in [4.69, 9.17) is 23.2 Å². The predicted octanol–water partition coefficient (Wildman–Crippen LogP) is 2.23. The van der Waals surface area contributed by atoms with E-state index in [0.717, 1.165) is 5.56 Å². The third-order valence-electron chi connectivity index (χ3n) is 1.35. The Morgan fingerprint density at radius 1 is 1.42 bits per heavy atom. The van der Waals surface area contributed by atoms with Crippen LogP contribution in [-0.2, 0) is 11.2 Å². The minimum absolute atomic E-state index is 0.0285. The van der Waals surface area contributed by atoms with Crippen molar-refractivity contribution in [2.45, 2.75) is 6.42 Å². The van der Waals surface area contributed by atoms with Crippen LogP contribution in [0.25, 0.3) is 0 Å². The van der Waals surface area contributed by atoms with Gasteiger partial charge in [0.15, 0.2) is 0 Å². The van der Waals surface area contributed by atoms with Gasteiger partial charge in [0.05, 0.1) is 0 Å². The molecule has 1 aromatic rings. The van der Waals surface area contributed by atoms with Crippen molar-refractivity contribution in [2.24, 2.45) is 0 Å². The number of benzene rings is 1. The Morgan fingerprint density at radius 3 is 2.58 bits per heavy atom. The molecule has 0 aliphatic carbocycles.